The Balaban J connectivity index is 2.57. The van der Waals surface area contributed by atoms with Crippen molar-refractivity contribution in [1.29, 1.82) is 0 Å². The predicted octanol–water partition coefficient (Wildman–Crippen LogP) is 2.55. The van der Waals surface area contributed by atoms with Crippen molar-refractivity contribution in [1.82, 2.24) is 0 Å². The first-order chi connectivity index (χ1) is 8.56. The van der Waals surface area contributed by atoms with E-state index in [9.17, 15) is 4.79 Å². The van der Waals surface area contributed by atoms with Gasteiger partial charge in [0.25, 0.3) is 0 Å². The number of ether oxygens (including phenoxy) is 1. The van der Waals surface area contributed by atoms with Crippen LogP contribution in [0.3, 0.4) is 0 Å². The van der Waals surface area contributed by atoms with E-state index in [2.05, 4.69) is 6.92 Å². The van der Waals surface area contributed by atoms with Crippen molar-refractivity contribution < 1.29 is 14.6 Å². The zero-order chi connectivity index (χ0) is 13.6. The van der Waals surface area contributed by atoms with Gasteiger partial charge < -0.3 is 15.6 Å². The number of carbonyl (C=O) groups is 1. The largest absolute Gasteiger partial charge is 0.479 e. The maximum absolute atomic E-state index is 11.1. The molecule has 0 aromatic heterocycles. The summed E-state index contributed by atoms with van der Waals surface area (Å²) in [5.74, 6) is -0.107. The molecule has 18 heavy (non-hydrogen) atoms. The second-order valence-electron chi connectivity index (χ2n) is 5.47. The Morgan fingerprint density at radius 3 is 2.44 bits per heavy atom. The van der Waals surface area contributed by atoms with Gasteiger partial charge in [0.2, 0.25) is 0 Å². The molecule has 0 aliphatic heterocycles. The highest BCUT2D eigenvalue weighted by Crippen LogP contribution is 2.37. The van der Waals surface area contributed by atoms with Crippen LogP contribution in [0.15, 0.2) is 0 Å². The Bertz CT molecular complexity index is 260. The van der Waals surface area contributed by atoms with E-state index in [4.69, 9.17) is 15.6 Å². The summed E-state index contributed by atoms with van der Waals surface area (Å²) >= 11 is 0. The third-order valence-electron chi connectivity index (χ3n) is 4.12. The summed E-state index contributed by atoms with van der Waals surface area (Å²) in [5, 5.41) is 9.08. The molecule has 1 aliphatic rings. The lowest BCUT2D eigenvalue weighted by atomic mass is 9.77. The topological polar surface area (TPSA) is 72.5 Å². The standard InChI is InChI=1S/C14H27NO3/c1-3-5-11-6-8-14(10-15,9-7-11)18-12(4-2)13(16)17/h11-12H,3-10,15H2,1-2H3,(H,16,17). The molecule has 1 saturated carbocycles. The summed E-state index contributed by atoms with van der Waals surface area (Å²) in [4.78, 5) is 11.1. The average Bonchev–Trinajstić information content (AvgIpc) is 2.38. The summed E-state index contributed by atoms with van der Waals surface area (Å²) in [5.41, 5.74) is 5.44. The summed E-state index contributed by atoms with van der Waals surface area (Å²) in [6.07, 6.45) is 6.29. The van der Waals surface area contributed by atoms with Crippen molar-refractivity contribution in [3.8, 4) is 0 Å². The van der Waals surface area contributed by atoms with E-state index in [0.717, 1.165) is 31.6 Å². The van der Waals surface area contributed by atoms with Gasteiger partial charge in [-0.05, 0) is 38.0 Å². The van der Waals surface area contributed by atoms with Crippen LogP contribution in [0.5, 0.6) is 0 Å². The minimum absolute atomic E-state index is 0.399. The number of carboxylic acids is 1. The van der Waals surface area contributed by atoms with E-state index in [0.29, 0.717) is 13.0 Å². The van der Waals surface area contributed by atoms with Crippen molar-refractivity contribution in [2.45, 2.75) is 70.5 Å². The van der Waals surface area contributed by atoms with Gasteiger partial charge in [-0.25, -0.2) is 4.79 Å². The SMILES string of the molecule is CCCC1CCC(CN)(OC(CC)C(=O)O)CC1. The minimum Gasteiger partial charge on any atom is -0.479 e. The molecule has 1 rings (SSSR count). The molecule has 4 heteroatoms. The molecule has 1 fully saturated rings. The van der Waals surface area contributed by atoms with Crippen LogP contribution in [0.1, 0.15) is 58.8 Å². The fraction of sp³-hybridized carbons (Fsp3) is 0.929. The molecule has 0 aromatic rings. The van der Waals surface area contributed by atoms with Gasteiger partial charge in [-0.2, -0.15) is 0 Å². The summed E-state index contributed by atoms with van der Waals surface area (Å²) < 4.78 is 5.84. The van der Waals surface area contributed by atoms with Crippen LogP contribution in [0.2, 0.25) is 0 Å². The lowest BCUT2D eigenvalue weighted by Gasteiger charge is -2.40. The first-order valence-electron chi connectivity index (χ1n) is 7.17. The van der Waals surface area contributed by atoms with E-state index in [1.807, 2.05) is 6.92 Å². The second-order valence-corrected chi connectivity index (χ2v) is 5.47. The Hall–Kier alpha value is -0.610. The predicted molar refractivity (Wildman–Crippen MR) is 71.5 cm³/mol. The number of rotatable bonds is 7. The Morgan fingerprint density at radius 1 is 1.44 bits per heavy atom. The molecule has 0 radical (unpaired) electrons. The molecule has 0 saturated heterocycles. The van der Waals surface area contributed by atoms with Crippen LogP contribution >= 0.6 is 0 Å². The Labute approximate surface area is 110 Å². The maximum Gasteiger partial charge on any atom is 0.332 e. The summed E-state index contributed by atoms with van der Waals surface area (Å²) in [7, 11) is 0. The van der Waals surface area contributed by atoms with Crippen molar-refractivity contribution in [3.63, 3.8) is 0 Å². The highest BCUT2D eigenvalue weighted by atomic mass is 16.5. The van der Waals surface area contributed by atoms with Gasteiger partial charge in [-0.1, -0.05) is 26.7 Å². The fourth-order valence-electron chi connectivity index (χ4n) is 2.88. The first-order valence-corrected chi connectivity index (χ1v) is 7.17. The van der Waals surface area contributed by atoms with Crippen molar-refractivity contribution in [2.24, 2.45) is 11.7 Å². The van der Waals surface area contributed by atoms with E-state index >= 15 is 0 Å². The fourth-order valence-corrected chi connectivity index (χ4v) is 2.88. The Kier molecular flexibility index (Phi) is 6.09. The summed E-state index contributed by atoms with van der Waals surface area (Å²) in [6.45, 7) is 4.47. The molecular weight excluding hydrogens is 230 g/mol. The maximum atomic E-state index is 11.1. The van der Waals surface area contributed by atoms with Crippen LogP contribution in [-0.4, -0.2) is 29.3 Å². The van der Waals surface area contributed by atoms with Gasteiger partial charge in [0.1, 0.15) is 0 Å². The van der Waals surface area contributed by atoms with Gasteiger partial charge >= 0.3 is 5.97 Å². The van der Waals surface area contributed by atoms with E-state index in [-0.39, 0.29) is 0 Å². The Morgan fingerprint density at radius 2 is 2.06 bits per heavy atom. The molecule has 3 N–H and O–H groups in total. The summed E-state index contributed by atoms with van der Waals surface area (Å²) in [6, 6.07) is 0. The zero-order valence-electron chi connectivity index (χ0n) is 11.7. The molecule has 0 aromatic carbocycles. The normalized spacial score (nSPS) is 30.1. The molecule has 0 heterocycles. The van der Waals surface area contributed by atoms with Crippen LogP contribution in [0.25, 0.3) is 0 Å². The van der Waals surface area contributed by atoms with Crippen molar-refractivity contribution in [2.75, 3.05) is 6.54 Å². The van der Waals surface area contributed by atoms with E-state index < -0.39 is 17.7 Å². The number of aliphatic carboxylic acids is 1. The van der Waals surface area contributed by atoms with Gasteiger partial charge in [0, 0.05) is 6.54 Å². The second kappa shape index (κ2) is 7.10. The molecular formula is C14H27NO3. The quantitative estimate of drug-likeness (QED) is 0.735. The van der Waals surface area contributed by atoms with Crippen molar-refractivity contribution >= 4 is 5.97 Å². The molecule has 0 amide bonds. The molecule has 4 nitrogen and oxygen atoms in total. The zero-order valence-corrected chi connectivity index (χ0v) is 11.7. The first kappa shape index (κ1) is 15.4. The minimum atomic E-state index is -0.874. The van der Waals surface area contributed by atoms with Gasteiger partial charge in [0.05, 0.1) is 5.60 Å². The molecule has 106 valence electrons. The van der Waals surface area contributed by atoms with Crippen molar-refractivity contribution in [3.05, 3.63) is 0 Å². The van der Waals surface area contributed by atoms with Gasteiger partial charge in [-0.15, -0.1) is 0 Å². The lowest BCUT2D eigenvalue weighted by Crippen LogP contribution is -2.47. The molecule has 1 atom stereocenters. The monoisotopic (exact) mass is 257 g/mol. The number of nitrogens with two attached hydrogens (primary N) is 1. The molecule has 1 unspecified atom stereocenters. The number of hydrogen-bond acceptors (Lipinski definition) is 3. The molecule has 0 spiro atoms. The van der Waals surface area contributed by atoms with Crippen LogP contribution in [-0.2, 0) is 9.53 Å². The van der Waals surface area contributed by atoms with Crippen LogP contribution in [0, 0.1) is 5.92 Å². The van der Waals surface area contributed by atoms with Crippen LogP contribution < -0.4 is 5.73 Å². The van der Waals surface area contributed by atoms with E-state index in [1.165, 1.54) is 12.8 Å². The third-order valence-corrected chi connectivity index (χ3v) is 4.12. The lowest BCUT2D eigenvalue weighted by molar-refractivity contribution is -0.169. The highest BCUT2D eigenvalue weighted by Gasteiger charge is 2.38. The number of hydrogen-bond donors (Lipinski definition) is 2. The van der Waals surface area contributed by atoms with Crippen LogP contribution in [0.4, 0.5) is 0 Å². The number of carboxylic acid groups (broad SMARTS) is 1. The molecule has 1 aliphatic carbocycles. The van der Waals surface area contributed by atoms with Gasteiger partial charge in [-0.3, -0.25) is 0 Å². The van der Waals surface area contributed by atoms with E-state index in [1.54, 1.807) is 0 Å². The average molecular weight is 257 g/mol. The third kappa shape index (κ3) is 3.95. The van der Waals surface area contributed by atoms with Gasteiger partial charge in [0.15, 0.2) is 6.10 Å². The smallest absolute Gasteiger partial charge is 0.332 e. The molecule has 0 bridgehead atoms. The highest BCUT2D eigenvalue weighted by molar-refractivity contribution is 5.72.